The molecular formula is C17H15N3O2. The van der Waals surface area contributed by atoms with E-state index in [1.807, 2.05) is 30.3 Å². The lowest BCUT2D eigenvalue weighted by molar-refractivity contribution is 0.103. The van der Waals surface area contributed by atoms with Gasteiger partial charge in [-0.05, 0) is 36.4 Å². The molecule has 110 valence electrons. The van der Waals surface area contributed by atoms with E-state index in [-0.39, 0.29) is 5.78 Å². The van der Waals surface area contributed by atoms with Crippen LogP contribution in [0.5, 0.6) is 5.75 Å². The van der Waals surface area contributed by atoms with Gasteiger partial charge in [-0.3, -0.25) is 4.79 Å². The van der Waals surface area contributed by atoms with Gasteiger partial charge >= 0.3 is 0 Å². The van der Waals surface area contributed by atoms with Crippen LogP contribution in [0.15, 0.2) is 60.8 Å². The fraction of sp³-hybridized carbons (Fsp3) is 0.0588. The van der Waals surface area contributed by atoms with Crippen LogP contribution in [0, 0.1) is 0 Å². The molecule has 0 aliphatic carbocycles. The Labute approximate surface area is 127 Å². The van der Waals surface area contributed by atoms with Crippen molar-refractivity contribution in [2.75, 3.05) is 12.8 Å². The third kappa shape index (κ3) is 2.44. The second-order valence-corrected chi connectivity index (χ2v) is 4.75. The van der Waals surface area contributed by atoms with Crippen molar-refractivity contribution in [3.05, 3.63) is 71.9 Å². The molecule has 5 nitrogen and oxygen atoms in total. The average molecular weight is 293 g/mol. The molecule has 1 heterocycles. The third-order valence-corrected chi connectivity index (χ3v) is 3.40. The first-order valence-electron chi connectivity index (χ1n) is 6.78. The Bertz CT molecular complexity index is 793. The van der Waals surface area contributed by atoms with Crippen molar-refractivity contribution in [1.82, 2.24) is 9.78 Å². The molecule has 2 N–H and O–H groups in total. The Morgan fingerprint density at radius 2 is 1.77 bits per heavy atom. The largest absolute Gasteiger partial charge is 0.497 e. The summed E-state index contributed by atoms with van der Waals surface area (Å²) in [7, 11) is 1.58. The first-order valence-corrected chi connectivity index (χ1v) is 6.78. The minimum Gasteiger partial charge on any atom is -0.497 e. The molecule has 0 unspecified atom stereocenters. The van der Waals surface area contributed by atoms with Crippen LogP contribution in [0.4, 0.5) is 5.82 Å². The summed E-state index contributed by atoms with van der Waals surface area (Å²) in [5, 5.41) is 4.21. The number of carbonyl (C=O) groups is 1. The Balaban J connectivity index is 1.95. The lowest BCUT2D eigenvalue weighted by Gasteiger charge is -2.05. The number of hydrogen-bond acceptors (Lipinski definition) is 4. The highest BCUT2D eigenvalue weighted by Crippen LogP contribution is 2.21. The van der Waals surface area contributed by atoms with Gasteiger partial charge in [-0.15, -0.1) is 0 Å². The monoisotopic (exact) mass is 293 g/mol. The number of nitrogens with zero attached hydrogens (tertiary/aromatic N) is 2. The maximum absolute atomic E-state index is 12.5. The van der Waals surface area contributed by atoms with Crippen molar-refractivity contribution in [3.63, 3.8) is 0 Å². The van der Waals surface area contributed by atoms with Gasteiger partial charge < -0.3 is 10.5 Å². The van der Waals surface area contributed by atoms with Crippen molar-refractivity contribution in [3.8, 4) is 11.4 Å². The number of methoxy groups -OCH3 is 1. The molecule has 0 aliphatic rings. The third-order valence-electron chi connectivity index (χ3n) is 3.40. The fourth-order valence-electron chi connectivity index (χ4n) is 2.21. The van der Waals surface area contributed by atoms with Crippen molar-refractivity contribution >= 4 is 11.6 Å². The standard InChI is InChI=1S/C17H15N3O2/c1-22-14-9-7-12(8-10-14)16(21)15-11-19-20(17(15)18)13-5-3-2-4-6-13/h2-11H,18H2,1H3. The summed E-state index contributed by atoms with van der Waals surface area (Å²) < 4.78 is 6.64. The summed E-state index contributed by atoms with van der Waals surface area (Å²) in [5.41, 5.74) is 7.82. The number of ketones is 1. The van der Waals surface area contributed by atoms with E-state index in [0.29, 0.717) is 22.7 Å². The first-order chi connectivity index (χ1) is 10.7. The van der Waals surface area contributed by atoms with Gasteiger partial charge in [-0.2, -0.15) is 5.10 Å². The SMILES string of the molecule is COc1ccc(C(=O)c2cnn(-c3ccccc3)c2N)cc1. The first kappa shape index (κ1) is 13.9. The van der Waals surface area contributed by atoms with Crippen LogP contribution in [0.2, 0.25) is 0 Å². The molecule has 0 fully saturated rings. The van der Waals surface area contributed by atoms with Gasteiger partial charge in [0.1, 0.15) is 11.6 Å². The summed E-state index contributed by atoms with van der Waals surface area (Å²) >= 11 is 0. The van der Waals surface area contributed by atoms with E-state index in [1.165, 1.54) is 6.20 Å². The number of aromatic nitrogens is 2. The minimum absolute atomic E-state index is 0.165. The number of hydrogen-bond donors (Lipinski definition) is 1. The zero-order valence-corrected chi connectivity index (χ0v) is 12.1. The number of rotatable bonds is 4. The molecule has 5 heteroatoms. The fourth-order valence-corrected chi connectivity index (χ4v) is 2.21. The summed E-state index contributed by atoms with van der Waals surface area (Å²) in [6, 6.07) is 16.3. The van der Waals surface area contributed by atoms with Crippen molar-refractivity contribution in [2.45, 2.75) is 0 Å². The topological polar surface area (TPSA) is 70.1 Å². The van der Waals surface area contributed by atoms with Crippen LogP contribution in [0.1, 0.15) is 15.9 Å². The van der Waals surface area contributed by atoms with Gasteiger partial charge in [0.2, 0.25) is 0 Å². The Morgan fingerprint density at radius 3 is 2.41 bits per heavy atom. The molecule has 0 bridgehead atoms. The van der Waals surface area contributed by atoms with Crippen LogP contribution in [-0.4, -0.2) is 22.7 Å². The molecule has 3 aromatic rings. The number of para-hydroxylation sites is 1. The van der Waals surface area contributed by atoms with Gasteiger partial charge in [-0.1, -0.05) is 18.2 Å². The average Bonchev–Trinajstić information content (AvgIpc) is 2.96. The number of anilines is 1. The highest BCUT2D eigenvalue weighted by atomic mass is 16.5. The number of ether oxygens (including phenoxy) is 1. The van der Waals surface area contributed by atoms with Crippen LogP contribution >= 0.6 is 0 Å². The van der Waals surface area contributed by atoms with Crippen molar-refractivity contribution in [1.29, 1.82) is 0 Å². The second-order valence-electron chi connectivity index (χ2n) is 4.75. The highest BCUT2D eigenvalue weighted by Gasteiger charge is 2.17. The van der Waals surface area contributed by atoms with Crippen LogP contribution in [-0.2, 0) is 0 Å². The predicted molar refractivity (Wildman–Crippen MR) is 84.4 cm³/mol. The van der Waals surface area contributed by atoms with Gasteiger partial charge in [0.05, 0.1) is 24.6 Å². The number of nitrogen functional groups attached to an aromatic ring is 1. The predicted octanol–water partition coefficient (Wildman–Crippen LogP) is 2.69. The molecule has 0 amide bonds. The molecule has 0 spiro atoms. The lowest BCUT2D eigenvalue weighted by atomic mass is 10.1. The molecule has 22 heavy (non-hydrogen) atoms. The Hall–Kier alpha value is -3.08. The zero-order chi connectivity index (χ0) is 15.5. The number of nitrogens with two attached hydrogens (primary N) is 1. The molecule has 0 aliphatic heterocycles. The summed E-state index contributed by atoms with van der Waals surface area (Å²) in [5.74, 6) is 0.860. The second kappa shape index (κ2) is 5.73. The van der Waals surface area contributed by atoms with E-state index >= 15 is 0 Å². The van der Waals surface area contributed by atoms with Crippen molar-refractivity contribution < 1.29 is 9.53 Å². The molecule has 3 rings (SSSR count). The van der Waals surface area contributed by atoms with Crippen molar-refractivity contribution in [2.24, 2.45) is 0 Å². The maximum Gasteiger partial charge on any atom is 0.198 e. The van der Waals surface area contributed by atoms with Gasteiger partial charge in [-0.25, -0.2) is 4.68 Å². The minimum atomic E-state index is -0.165. The number of carbonyl (C=O) groups excluding carboxylic acids is 1. The normalized spacial score (nSPS) is 10.4. The quantitative estimate of drug-likeness (QED) is 0.751. The van der Waals surface area contributed by atoms with E-state index in [0.717, 1.165) is 5.69 Å². The van der Waals surface area contributed by atoms with E-state index in [9.17, 15) is 4.79 Å². The molecule has 0 atom stereocenters. The molecule has 0 saturated carbocycles. The van der Waals surface area contributed by atoms with Crippen LogP contribution in [0.25, 0.3) is 5.69 Å². The van der Waals surface area contributed by atoms with Crippen LogP contribution in [0.3, 0.4) is 0 Å². The summed E-state index contributed by atoms with van der Waals surface area (Å²) in [6.07, 6.45) is 1.49. The smallest absolute Gasteiger partial charge is 0.198 e. The van der Waals surface area contributed by atoms with E-state index in [4.69, 9.17) is 10.5 Å². The molecule has 0 radical (unpaired) electrons. The van der Waals surface area contributed by atoms with Gasteiger partial charge in [0, 0.05) is 5.56 Å². The number of benzene rings is 2. The van der Waals surface area contributed by atoms with Crippen LogP contribution < -0.4 is 10.5 Å². The highest BCUT2D eigenvalue weighted by molar-refractivity contribution is 6.11. The van der Waals surface area contributed by atoms with E-state index in [1.54, 1.807) is 36.1 Å². The molecule has 2 aromatic carbocycles. The zero-order valence-electron chi connectivity index (χ0n) is 12.1. The lowest BCUT2D eigenvalue weighted by Crippen LogP contribution is -2.07. The van der Waals surface area contributed by atoms with Gasteiger partial charge in [0.15, 0.2) is 5.78 Å². The maximum atomic E-state index is 12.5. The Kier molecular flexibility index (Phi) is 3.62. The van der Waals surface area contributed by atoms with E-state index < -0.39 is 0 Å². The van der Waals surface area contributed by atoms with E-state index in [2.05, 4.69) is 5.10 Å². The Morgan fingerprint density at radius 1 is 1.09 bits per heavy atom. The molecule has 0 saturated heterocycles. The molecule has 1 aromatic heterocycles. The summed E-state index contributed by atoms with van der Waals surface area (Å²) in [6.45, 7) is 0. The van der Waals surface area contributed by atoms with Gasteiger partial charge in [0.25, 0.3) is 0 Å². The molecular weight excluding hydrogens is 278 g/mol. The summed E-state index contributed by atoms with van der Waals surface area (Å²) in [4.78, 5) is 12.5.